The first-order valence-electron chi connectivity index (χ1n) is 17.4. The highest BCUT2D eigenvalue weighted by atomic mass is 32.2. The normalized spacial score (nSPS) is 12.3. The molecule has 0 saturated carbocycles. The van der Waals surface area contributed by atoms with Crippen LogP contribution in [0.4, 0.5) is 43.2 Å². The Morgan fingerprint density at radius 3 is 1.36 bits per heavy atom. The molecule has 0 spiro atoms. The van der Waals surface area contributed by atoms with Crippen molar-refractivity contribution in [3.05, 3.63) is 96.1 Å². The standard InChI is InChI=1S/2C20H20FN5O2S/c2*1-12-7-15(26-29(3,4)27)9-17-19(12)20(24-11-23-17)25-16-6-5-14(21)8-18(16)28-13(2)10-22/h2*5-9,11,13H,1-4H3,(H,23,24,25)/t2*13-/m10/s1. The number of hydrogen-bond donors (Lipinski definition) is 2. The van der Waals surface area contributed by atoms with Crippen LogP contribution in [0.25, 0.3) is 21.8 Å². The summed E-state index contributed by atoms with van der Waals surface area (Å²) in [6.45, 7) is 6.90. The van der Waals surface area contributed by atoms with Gasteiger partial charge in [0.05, 0.1) is 33.8 Å². The van der Waals surface area contributed by atoms with Crippen LogP contribution in [0.5, 0.6) is 11.5 Å². The molecule has 6 rings (SSSR count). The number of hydrogen-bond acceptors (Lipinski definition) is 14. The Morgan fingerprint density at radius 1 is 0.638 bits per heavy atom. The van der Waals surface area contributed by atoms with Crippen LogP contribution in [0.1, 0.15) is 25.0 Å². The fourth-order valence-corrected chi connectivity index (χ4v) is 6.86. The van der Waals surface area contributed by atoms with Crippen LogP contribution in [-0.2, 0) is 19.5 Å². The van der Waals surface area contributed by atoms with E-state index < -0.39 is 43.3 Å². The maximum Gasteiger partial charge on any atom is 0.181 e. The van der Waals surface area contributed by atoms with Gasteiger partial charge >= 0.3 is 0 Å². The molecule has 0 aliphatic heterocycles. The molecular weight excluding hydrogens is 787 g/mol. The minimum Gasteiger partial charge on any atom is -0.474 e. The number of halogens is 2. The third kappa shape index (κ3) is 11.3. The minimum absolute atomic E-state index is 0.201. The summed E-state index contributed by atoms with van der Waals surface area (Å²) in [6.07, 6.45) is 7.56. The lowest BCUT2D eigenvalue weighted by molar-refractivity contribution is 0.276. The van der Waals surface area contributed by atoms with E-state index in [4.69, 9.17) is 20.0 Å². The number of nitrogens with zero attached hydrogens (tertiary/aromatic N) is 8. The molecule has 0 saturated heterocycles. The van der Waals surface area contributed by atoms with Crippen molar-refractivity contribution >= 4 is 75.6 Å². The average molecular weight is 827 g/mol. The van der Waals surface area contributed by atoms with E-state index in [1.165, 1.54) is 49.1 Å². The second-order valence-electron chi connectivity index (χ2n) is 13.6. The van der Waals surface area contributed by atoms with Crippen molar-refractivity contribution in [1.82, 2.24) is 19.9 Å². The van der Waals surface area contributed by atoms with E-state index in [1.807, 2.05) is 38.1 Å². The first kappa shape index (κ1) is 42.6. The van der Waals surface area contributed by atoms with Gasteiger partial charge in [-0.25, -0.2) is 37.1 Å². The molecule has 4 aromatic carbocycles. The SMILES string of the molecule is Cc1cc(N=S(C)(C)=O)cc2ncnc(Nc3ccc(F)cc3O[C@@H](C)C#N)c12.Cc1cc(N=S(C)(C)=O)cc2ncnc(Nc3ccc(F)cc3O[C@H](C)C#N)c12. The molecule has 0 bridgehead atoms. The molecule has 0 fully saturated rings. The van der Waals surface area contributed by atoms with Crippen LogP contribution in [0.2, 0.25) is 0 Å². The summed E-state index contributed by atoms with van der Waals surface area (Å²) < 4.78 is 70.9. The maximum atomic E-state index is 13.7. The zero-order valence-corrected chi connectivity index (χ0v) is 34.5. The number of nitriles is 2. The molecule has 2 N–H and O–H groups in total. The third-order valence-corrected chi connectivity index (χ3v) is 9.16. The molecular formula is C40H40F2N10O4S2. The molecule has 0 radical (unpaired) electrons. The average Bonchev–Trinajstić information content (AvgIpc) is 3.12. The largest absolute Gasteiger partial charge is 0.474 e. The van der Waals surface area contributed by atoms with Gasteiger partial charge in [0.25, 0.3) is 0 Å². The second-order valence-corrected chi connectivity index (χ2v) is 18.7. The fourth-order valence-electron chi connectivity index (χ4n) is 5.63. The lowest BCUT2D eigenvalue weighted by atomic mass is 10.1. The number of anilines is 4. The van der Waals surface area contributed by atoms with Crippen LogP contribution >= 0.6 is 0 Å². The third-order valence-electron chi connectivity index (χ3n) is 7.85. The molecule has 18 heteroatoms. The highest BCUT2D eigenvalue weighted by molar-refractivity contribution is 7.92. The van der Waals surface area contributed by atoms with Crippen molar-refractivity contribution in [2.45, 2.75) is 39.9 Å². The van der Waals surface area contributed by atoms with Crippen molar-refractivity contribution in [2.24, 2.45) is 8.73 Å². The van der Waals surface area contributed by atoms with Crippen molar-refractivity contribution in [2.75, 3.05) is 35.7 Å². The first-order valence-corrected chi connectivity index (χ1v) is 22.1. The van der Waals surface area contributed by atoms with Gasteiger partial charge in [0.15, 0.2) is 12.2 Å². The Labute approximate surface area is 335 Å². The zero-order valence-electron chi connectivity index (χ0n) is 32.9. The number of nitrogens with one attached hydrogen (secondary N) is 2. The van der Waals surface area contributed by atoms with E-state index >= 15 is 0 Å². The number of benzene rings is 4. The summed E-state index contributed by atoms with van der Waals surface area (Å²) in [6, 6.07) is 19.0. The van der Waals surface area contributed by atoms with E-state index in [1.54, 1.807) is 51.0 Å². The first-order chi connectivity index (χ1) is 27.3. The summed E-state index contributed by atoms with van der Waals surface area (Å²) in [5, 5.41) is 25.8. The van der Waals surface area contributed by atoms with Gasteiger partial charge in [0.2, 0.25) is 0 Å². The number of fused-ring (bicyclic) bond motifs is 2. The monoisotopic (exact) mass is 826 g/mol. The van der Waals surface area contributed by atoms with Crippen molar-refractivity contribution in [1.29, 1.82) is 10.5 Å². The smallest absolute Gasteiger partial charge is 0.181 e. The molecule has 0 aliphatic carbocycles. The van der Waals surface area contributed by atoms with Crippen LogP contribution < -0.4 is 20.1 Å². The number of ether oxygens (including phenoxy) is 2. The topological polar surface area (TPSA) is 201 Å². The van der Waals surface area contributed by atoms with Crippen LogP contribution in [0, 0.1) is 48.1 Å². The van der Waals surface area contributed by atoms with Crippen LogP contribution in [0.3, 0.4) is 0 Å². The van der Waals surface area contributed by atoms with E-state index in [9.17, 15) is 17.2 Å². The highest BCUT2D eigenvalue weighted by Gasteiger charge is 2.16. The maximum absolute atomic E-state index is 13.7. The lowest BCUT2D eigenvalue weighted by Gasteiger charge is -2.16. The van der Waals surface area contributed by atoms with E-state index in [0.717, 1.165) is 21.9 Å². The van der Waals surface area contributed by atoms with E-state index in [2.05, 4.69) is 39.3 Å². The van der Waals surface area contributed by atoms with E-state index in [0.29, 0.717) is 45.4 Å². The van der Waals surface area contributed by atoms with Gasteiger partial charge in [0, 0.05) is 67.4 Å². The van der Waals surface area contributed by atoms with Gasteiger partial charge < -0.3 is 20.1 Å². The highest BCUT2D eigenvalue weighted by Crippen LogP contribution is 2.36. The summed E-state index contributed by atoms with van der Waals surface area (Å²) >= 11 is 0. The van der Waals surface area contributed by atoms with Crippen LogP contribution in [0.15, 0.2) is 82.0 Å². The molecule has 6 aromatic rings. The Hall–Kier alpha value is -6.50. The molecule has 2 heterocycles. The number of rotatable bonds is 10. The van der Waals surface area contributed by atoms with Crippen molar-refractivity contribution in [3.8, 4) is 23.6 Å². The predicted octanol–water partition coefficient (Wildman–Crippen LogP) is 8.94. The summed E-state index contributed by atoms with van der Waals surface area (Å²) in [4.78, 5) is 17.2. The summed E-state index contributed by atoms with van der Waals surface area (Å²) in [7, 11) is -4.61. The second kappa shape index (κ2) is 17.7. The molecule has 0 aliphatic rings. The lowest BCUT2D eigenvalue weighted by Crippen LogP contribution is -2.10. The number of aryl methyl sites for hydroxylation is 2. The molecule has 14 nitrogen and oxygen atoms in total. The Kier molecular flexibility index (Phi) is 13.0. The molecule has 0 unspecified atom stereocenters. The molecule has 300 valence electrons. The quantitative estimate of drug-likeness (QED) is 0.133. The zero-order chi connectivity index (χ0) is 42.4. The number of aromatic nitrogens is 4. The fraction of sp³-hybridized carbons (Fsp3) is 0.250. The van der Waals surface area contributed by atoms with Gasteiger partial charge in [-0.15, -0.1) is 0 Å². The van der Waals surface area contributed by atoms with Gasteiger partial charge in [-0.3, -0.25) is 0 Å². The van der Waals surface area contributed by atoms with Crippen molar-refractivity contribution in [3.63, 3.8) is 0 Å². The van der Waals surface area contributed by atoms with E-state index in [-0.39, 0.29) is 11.5 Å². The summed E-state index contributed by atoms with van der Waals surface area (Å²) in [5.41, 5.74) is 5.00. The van der Waals surface area contributed by atoms with Gasteiger partial charge in [-0.2, -0.15) is 19.2 Å². The summed E-state index contributed by atoms with van der Waals surface area (Å²) in [5.74, 6) is 0.433. The van der Waals surface area contributed by atoms with Gasteiger partial charge in [-0.1, -0.05) is 0 Å². The van der Waals surface area contributed by atoms with Crippen LogP contribution in [-0.4, -0.2) is 65.6 Å². The molecule has 58 heavy (non-hydrogen) atoms. The predicted molar refractivity (Wildman–Crippen MR) is 223 cm³/mol. The Bertz CT molecular complexity index is 2670. The molecule has 2 atom stereocenters. The molecule has 2 aromatic heterocycles. The van der Waals surface area contributed by atoms with Crippen molar-refractivity contribution < 1.29 is 26.7 Å². The Balaban J connectivity index is 0.000000221. The minimum atomic E-state index is -2.31. The van der Waals surface area contributed by atoms with Gasteiger partial charge in [-0.05, 0) is 87.4 Å². The molecule has 0 amide bonds. The Morgan fingerprint density at radius 2 is 1.02 bits per heavy atom. The van der Waals surface area contributed by atoms with Gasteiger partial charge in [0.1, 0.15) is 59.6 Å².